The van der Waals surface area contributed by atoms with Gasteiger partial charge in [0.25, 0.3) is 5.79 Å². The van der Waals surface area contributed by atoms with Gasteiger partial charge in [-0.1, -0.05) is 15.9 Å². The second kappa shape index (κ2) is 15.4. The molecule has 0 saturated carbocycles. The molecule has 2 saturated heterocycles. The third-order valence-electron chi connectivity index (χ3n) is 10.7. The molecular weight excluding hydrogens is 826 g/mol. The van der Waals surface area contributed by atoms with Crippen molar-refractivity contribution in [2.45, 2.75) is 121 Å². The molecular formula is C41H50BrNO15. The fourth-order valence-corrected chi connectivity index (χ4v) is 9.30. The molecule has 1 amide bonds. The number of fused-ring (bicyclic) bond motifs is 6. The number of carbonyl (C=O) groups is 6. The summed E-state index contributed by atoms with van der Waals surface area (Å²) in [6, 6.07) is 1.78. The van der Waals surface area contributed by atoms with Crippen molar-refractivity contribution in [1.82, 2.24) is 4.90 Å². The van der Waals surface area contributed by atoms with Crippen molar-refractivity contribution in [2.75, 3.05) is 33.1 Å². The van der Waals surface area contributed by atoms with Crippen LogP contribution in [0, 0.1) is 12.8 Å². The minimum absolute atomic E-state index is 0.0318. The summed E-state index contributed by atoms with van der Waals surface area (Å²) in [5.41, 5.74) is -2.25. The highest BCUT2D eigenvalue weighted by Gasteiger charge is 2.88. The van der Waals surface area contributed by atoms with E-state index >= 15 is 0 Å². The summed E-state index contributed by atoms with van der Waals surface area (Å²) in [5.74, 6) is -6.92. The molecule has 2 fully saturated rings. The SMILES string of the molecule is COc1c2c(c(OC(=O)OC(C)(C)C)c3c4c(c(C)cc13)C1OC3(C(C=O)C=O)OC1[C@@](OC)(O4)[C@]3(CBr)OC(=O)CCCN(C)C(=O)OC(C)(C)C)C(=O)CCC2. The van der Waals surface area contributed by atoms with Crippen LogP contribution in [0.1, 0.15) is 100 Å². The molecule has 2 aromatic carbocycles. The number of aryl methyl sites for hydroxylation is 1. The number of ketones is 1. The van der Waals surface area contributed by atoms with E-state index in [1.807, 2.05) is 0 Å². The van der Waals surface area contributed by atoms with Crippen LogP contribution in [-0.2, 0) is 49.2 Å². The number of carbonyl (C=O) groups excluding carboxylic acids is 6. The number of halogens is 1. The standard InChI is InChI=1S/C41H50BrNO15/c1-21-17-24-29(31(52-36(49)58-38(5,6)7)28-23(30(24)50-9)13-11-14-25(28)46)32-27(21)33-34-41(51-10,54-32)39(20-42,40(55-33,56-34)22(18-44)19-45)53-26(47)15-12-16-43(8)35(48)57-37(2,3)4/h17-19,22,33-34H,11-16,20H2,1-10H3/t33?,34?,39-,40?,41-/m1/s1. The number of ether oxygens (including phenoxy) is 9. The third-order valence-corrected chi connectivity index (χ3v) is 11.5. The van der Waals surface area contributed by atoms with Crippen molar-refractivity contribution in [1.29, 1.82) is 0 Å². The Morgan fingerprint density at radius 3 is 2.28 bits per heavy atom. The Labute approximate surface area is 344 Å². The molecule has 2 bridgehead atoms. The van der Waals surface area contributed by atoms with Crippen molar-refractivity contribution in [3.63, 3.8) is 0 Å². The first kappa shape index (κ1) is 43.3. The average molecular weight is 877 g/mol. The summed E-state index contributed by atoms with van der Waals surface area (Å²) < 4.78 is 55.7. The van der Waals surface area contributed by atoms with Gasteiger partial charge in [0.1, 0.15) is 47.3 Å². The van der Waals surface area contributed by atoms with E-state index in [4.69, 9.17) is 42.6 Å². The summed E-state index contributed by atoms with van der Waals surface area (Å²) in [6.07, 6.45) is -2.29. The van der Waals surface area contributed by atoms with Crippen molar-refractivity contribution >= 4 is 63.3 Å². The number of hydrogen-bond acceptors (Lipinski definition) is 15. The highest BCUT2D eigenvalue weighted by Crippen LogP contribution is 2.69. The Morgan fingerprint density at radius 2 is 1.69 bits per heavy atom. The van der Waals surface area contributed by atoms with Crippen molar-refractivity contribution < 1.29 is 71.4 Å². The highest BCUT2D eigenvalue weighted by atomic mass is 79.9. The Balaban J connectivity index is 1.53. The lowest BCUT2D eigenvalue weighted by molar-refractivity contribution is -0.352. The molecule has 5 atom stereocenters. The van der Waals surface area contributed by atoms with Gasteiger partial charge in [-0.15, -0.1) is 0 Å². The zero-order valence-electron chi connectivity index (χ0n) is 34.4. The lowest BCUT2D eigenvalue weighted by Crippen LogP contribution is -2.76. The quantitative estimate of drug-likeness (QED) is 0.0583. The topological polar surface area (TPSA) is 189 Å². The summed E-state index contributed by atoms with van der Waals surface area (Å²) in [4.78, 5) is 80.5. The third kappa shape index (κ3) is 6.80. The number of rotatable bonds is 12. The van der Waals surface area contributed by atoms with E-state index in [1.54, 1.807) is 54.5 Å². The molecule has 316 valence electrons. The van der Waals surface area contributed by atoms with Crippen LogP contribution in [0.2, 0.25) is 0 Å². The Morgan fingerprint density at radius 1 is 1.02 bits per heavy atom. The number of esters is 1. The molecule has 4 aliphatic rings. The molecule has 3 unspecified atom stereocenters. The molecule has 1 aliphatic carbocycles. The smallest absolute Gasteiger partial charge is 0.496 e. The van der Waals surface area contributed by atoms with E-state index in [1.165, 1.54) is 26.2 Å². The minimum Gasteiger partial charge on any atom is -0.496 e. The first-order valence-electron chi connectivity index (χ1n) is 19.0. The van der Waals surface area contributed by atoms with Crippen LogP contribution in [0.4, 0.5) is 9.59 Å². The number of methoxy groups -OCH3 is 2. The van der Waals surface area contributed by atoms with E-state index in [0.717, 1.165) is 0 Å². The van der Waals surface area contributed by atoms with Gasteiger partial charge in [-0.2, -0.15) is 0 Å². The molecule has 17 heteroatoms. The second-order valence-corrected chi connectivity index (χ2v) is 17.4. The van der Waals surface area contributed by atoms with Crippen LogP contribution in [0.5, 0.6) is 17.2 Å². The molecule has 2 aromatic rings. The predicted molar refractivity (Wildman–Crippen MR) is 207 cm³/mol. The van der Waals surface area contributed by atoms with Gasteiger partial charge in [0.15, 0.2) is 17.6 Å². The first-order valence-corrected chi connectivity index (χ1v) is 20.2. The number of amides is 1. The van der Waals surface area contributed by atoms with Crippen LogP contribution in [-0.4, -0.2) is 109 Å². The highest BCUT2D eigenvalue weighted by molar-refractivity contribution is 9.09. The number of hydrogen-bond donors (Lipinski definition) is 0. The van der Waals surface area contributed by atoms with Crippen LogP contribution < -0.4 is 14.2 Å². The maximum Gasteiger partial charge on any atom is 0.514 e. The maximum atomic E-state index is 14.0. The number of benzene rings is 2. The van der Waals surface area contributed by atoms with Gasteiger partial charge in [0.2, 0.25) is 11.4 Å². The summed E-state index contributed by atoms with van der Waals surface area (Å²) in [6.45, 7) is 12.1. The number of alkyl halides is 1. The van der Waals surface area contributed by atoms with E-state index in [2.05, 4.69) is 15.9 Å². The minimum atomic E-state index is -2.27. The van der Waals surface area contributed by atoms with E-state index in [9.17, 15) is 28.8 Å². The molecule has 0 aromatic heterocycles. The molecule has 3 heterocycles. The molecule has 3 aliphatic heterocycles. The van der Waals surface area contributed by atoms with E-state index in [0.29, 0.717) is 53.2 Å². The van der Waals surface area contributed by atoms with E-state index in [-0.39, 0.29) is 59.4 Å². The Hall–Kier alpha value is -4.32. The molecule has 0 radical (unpaired) electrons. The van der Waals surface area contributed by atoms with Gasteiger partial charge in [0.05, 0.1) is 23.4 Å². The summed E-state index contributed by atoms with van der Waals surface area (Å²) >= 11 is 3.48. The van der Waals surface area contributed by atoms with Crippen LogP contribution in [0.15, 0.2) is 6.07 Å². The van der Waals surface area contributed by atoms with Gasteiger partial charge >= 0.3 is 18.2 Å². The number of aldehydes is 2. The van der Waals surface area contributed by atoms with Gasteiger partial charge in [0, 0.05) is 50.1 Å². The normalized spacial score (nSPS) is 25.7. The van der Waals surface area contributed by atoms with Crippen LogP contribution in [0.3, 0.4) is 0 Å². The van der Waals surface area contributed by atoms with Crippen LogP contribution >= 0.6 is 15.9 Å². The Kier molecular flexibility index (Phi) is 11.5. The zero-order chi connectivity index (χ0) is 42.7. The predicted octanol–water partition coefficient (Wildman–Crippen LogP) is 6.23. The fraction of sp³-hybridized carbons (Fsp3) is 0.610. The first-order chi connectivity index (χ1) is 27.2. The monoisotopic (exact) mass is 875 g/mol. The van der Waals surface area contributed by atoms with Crippen molar-refractivity contribution in [3.05, 3.63) is 28.3 Å². The lowest BCUT2D eigenvalue weighted by Gasteiger charge is -2.55. The largest absolute Gasteiger partial charge is 0.514 e. The molecule has 16 nitrogen and oxygen atoms in total. The molecule has 58 heavy (non-hydrogen) atoms. The van der Waals surface area contributed by atoms with Gasteiger partial charge in [-0.3, -0.25) is 9.59 Å². The van der Waals surface area contributed by atoms with Gasteiger partial charge in [-0.05, 0) is 79.4 Å². The van der Waals surface area contributed by atoms with Crippen molar-refractivity contribution in [3.8, 4) is 17.2 Å². The molecule has 0 spiro atoms. The second-order valence-electron chi connectivity index (χ2n) is 16.9. The maximum absolute atomic E-state index is 14.0. The van der Waals surface area contributed by atoms with Crippen molar-refractivity contribution in [2.24, 2.45) is 5.92 Å². The van der Waals surface area contributed by atoms with E-state index < -0.39 is 64.7 Å². The van der Waals surface area contributed by atoms with Gasteiger partial charge in [-0.25, -0.2) is 9.59 Å². The summed E-state index contributed by atoms with van der Waals surface area (Å²) in [7, 11) is 4.29. The lowest BCUT2D eigenvalue weighted by atomic mass is 9.73. The molecule has 0 N–H and O–H groups in total. The fourth-order valence-electron chi connectivity index (χ4n) is 8.40. The number of nitrogens with zero attached hydrogens (tertiary/aromatic N) is 1. The van der Waals surface area contributed by atoms with Gasteiger partial charge < -0.3 is 57.1 Å². The van der Waals surface area contributed by atoms with Crippen LogP contribution in [0.25, 0.3) is 10.8 Å². The Bertz CT molecular complexity index is 2050. The average Bonchev–Trinajstić information content (AvgIpc) is 3.64. The number of Topliss-reactive ketones (excluding diaryl/α,β-unsaturated/α-hetero) is 1. The summed E-state index contributed by atoms with van der Waals surface area (Å²) in [5, 5.41) is 0.229. The zero-order valence-corrected chi connectivity index (χ0v) is 35.9. The molecule has 6 rings (SSSR count).